The fraction of sp³-hybridized carbons (Fsp3) is 0.105. The van der Waals surface area contributed by atoms with E-state index in [-0.39, 0.29) is 0 Å². The number of fused-ring (bicyclic) bond motifs is 1. The van der Waals surface area contributed by atoms with Crippen molar-refractivity contribution in [2.75, 3.05) is 4.90 Å². The Labute approximate surface area is 143 Å². The van der Waals surface area contributed by atoms with Gasteiger partial charge in [0.15, 0.2) is 0 Å². The maximum absolute atomic E-state index is 12.9. The Kier molecular flexibility index (Phi) is 4.35. The Morgan fingerprint density at radius 2 is 1.84 bits per heavy atom. The first-order chi connectivity index (χ1) is 12.0. The molecule has 25 heavy (non-hydrogen) atoms. The quantitative estimate of drug-likeness (QED) is 0.871. The van der Waals surface area contributed by atoms with Crippen LogP contribution in [0.1, 0.15) is 17.2 Å². The lowest BCUT2D eigenvalue weighted by Crippen LogP contribution is -2.44. The lowest BCUT2D eigenvalue weighted by Gasteiger charge is -2.33. The van der Waals surface area contributed by atoms with E-state index in [2.05, 4.69) is 0 Å². The van der Waals surface area contributed by atoms with Crippen LogP contribution >= 0.6 is 0 Å². The van der Waals surface area contributed by atoms with Gasteiger partial charge in [-0.05, 0) is 24.6 Å². The van der Waals surface area contributed by atoms with Gasteiger partial charge in [0.25, 0.3) is 11.8 Å². The average molecular weight is 337 g/mol. The molecule has 0 radical (unpaired) electrons. The smallest absolute Gasteiger partial charge is 0.328 e. The van der Waals surface area contributed by atoms with E-state index in [1.807, 2.05) is 19.1 Å². The molecule has 1 unspecified atom stereocenters. The first-order valence-corrected chi connectivity index (χ1v) is 7.58. The molecule has 1 N–H and O–H groups in total. The molecule has 1 atom stereocenters. The molecule has 0 aromatic heterocycles. The van der Waals surface area contributed by atoms with Gasteiger partial charge in [-0.2, -0.15) is 0 Å². The van der Waals surface area contributed by atoms with Crippen LogP contribution in [0.25, 0.3) is 0 Å². The third-order valence-electron chi connectivity index (χ3n) is 3.74. The highest BCUT2D eigenvalue weighted by Gasteiger charge is 2.38. The molecule has 0 saturated carbocycles. The van der Waals surface area contributed by atoms with Gasteiger partial charge in [-0.3, -0.25) is 9.59 Å². The second-order valence-corrected chi connectivity index (χ2v) is 5.56. The van der Waals surface area contributed by atoms with E-state index < -0.39 is 23.9 Å². The van der Waals surface area contributed by atoms with E-state index in [0.717, 1.165) is 16.5 Å². The number of carbonyl (C=O) groups excluding carboxylic acids is 2. The number of rotatable bonds is 3. The maximum atomic E-state index is 12.9. The third kappa shape index (κ3) is 3.28. The number of carboxylic acid groups (broad SMARTS) is 1. The topological polar surface area (TPSA) is 83.9 Å². The van der Waals surface area contributed by atoms with Crippen LogP contribution in [-0.2, 0) is 14.4 Å². The zero-order valence-corrected chi connectivity index (χ0v) is 13.4. The molecule has 0 saturated heterocycles. The van der Waals surface area contributed by atoms with Crippen molar-refractivity contribution < 1.29 is 24.2 Å². The molecule has 2 amide bonds. The fourth-order valence-corrected chi connectivity index (χ4v) is 2.60. The number of amides is 2. The van der Waals surface area contributed by atoms with Crippen LogP contribution in [0, 0.1) is 6.92 Å². The highest BCUT2D eigenvalue weighted by Crippen LogP contribution is 2.39. The number of carbonyl (C=O) groups is 3. The zero-order valence-electron chi connectivity index (χ0n) is 13.4. The van der Waals surface area contributed by atoms with Gasteiger partial charge >= 0.3 is 5.97 Å². The molecule has 0 spiro atoms. The number of nitrogens with zero attached hydrogens (tertiary/aromatic N) is 1. The highest BCUT2D eigenvalue weighted by molar-refractivity contribution is 6.22. The summed E-state index contributed by atoms with van der Waals surface area (Å²) in [6.07, 6.45) is 0.594. The molecular weight excluding hydrogens is 322 g/mol. The van der Waals surface area contributed by atoms with Crippen molar-refractivity contribution in [2.24, 2.45) is 0 Å². The lowest BCUT2D eigenvalue weighted by molar-refractivity contribution is -0.133. The molecule has 2 aromatic carbocycles. The average Bonchev–Trinajstić information content (AvgIpc) is 2.60. The van der Waals surface area contributed by atoms with Crippen molar-refractivity contribution >= 4 is 23.5 Å². The first kappa shape index (κ1) is 16.4. The van der Waals surface area contributed by atoms with Crippen molar-refractivity contribution in [3.8, 4) is 5.75 Å². The minimum atomic E-state index is -1.27. The predicted molar refractivity (Wildman–Crippen MR) is 90.3 cm³/mol. The molecular formula is C19H15NO5. The normalized spacial score (nSPS) is 16.4. The Morgan fingerprint density at radius 1 is 1.12 bits per heavy atom. The van der Waals surface area contributed by atoms with Crippen LogP contribution in [0.4, 0.5) is 5.69 Å². The molecule has 2 aromatic rings. The van der Waals surface area contributed by atoms with Gasteiger partial charge in [-0.15, -0.1) is 0 Å². The van der Waals surface area contributed by atoms with Crippen molar-refractivity contribution in [1.82, 2.24) is 0 Å². The third-order valence-corrected chi connectivity index (χ3v) is 3.74. The monoisotopic (exact) mass is 337 g/mol. The molecule has 6 nitrogen and oxygen atoms in total. The Morgan fingerprint density at radius 3 is 2.52 bits per heavy atom. The molecule has 1 aliphatic rings. The van der Waals surface area contributed by atoms with Gasteiger partial charge < -0.3 is 9.84 Å². The molecule has 1 heterocycles. The number of ether oxygens (including phenoxy) is 1. The Balaban J connectivity index is 2.07. The highest BCUT2D eigenvalue weighted by atomic mass is 16.5. The predicted octanol–water partition coefficient (Wildman–Crippen LogP) is 2.63. The summed E-state index contributed by atoms with van der Waals surface area (Å²) in [4.78, 5) is 37.0. The maximum Gasteiger partial charge on any atom is 0.328 e. The van der Waals surface area contributed by atoms with Gasteiger partial charge in [0.2, 0.25) is 6.10 Å². The summed E-state index contributed by atoms with van der Waals surface area (Å²) in [5.41, 5.74) is 1.75. The van der Waals surface area contributed by atoms with Crippen LogP contribution in [0.15, 0.2) is 60.7 Å². The van der Waals surface area contributed by atoms with Gasteiger partial charge in [-0.25, -0.2) is 9.69 Å². The minimum absolute atomic E-state index is 0.303. The Hall–Kier alpha value is -3.41. The second-order valence-electron chi connectivity index (χ2n) is 5.56. The minimum Gasteiger partial charge on any atom is -0.478 e. The standard InChI is InChI=1S/C19H15NO5/c1-12-7-8-15-14(11-12)20(16(21)9-10-17(22)23)19(24)18(25-15)13-5-3-2-4-6-13/h2-11,18H,1H3,(H,22,23)/b10-9+. The molecule has 1 aliphatic heterocycles. The number of imide groups is 1. The number of benzene rings is 2. The first-order valence-electron chi connectivity index (χ1n) is 7.58. The number of hydrogen-bond donors (Lipinski definition) is 1. The summed E-state index contributed by atoms with van der Waals surface area (Å²) in [6.45, 7) is 1.82. The van der Waals surface area contributed by atoms with Gasteiger partial charge in [0.1, 0.15) is 5.75 Å². The van der Waals surface area contributed by atoms with Gasteiger partial charge in [-0.1, -0.05) is 36.4 Å². The van der Waals surface area contributed by atoms with Gasteiger partial charge in [0.05, 0.1) is 5.69 Å². The van der Waals surface area contributed by atoms with E-state index in [9.17, 15) is 14.4 Å². The number of aliphatic carboxylic acids is 1. The van der Waals surface area contributed by atoms with Crippen molar-refractivity contribution in [2.45, 2.75) is 13.0 Å². The molecule has 6 heteroatoms. The lowest BCUT2D eigenvalue weighted by atomic mass is 10.0. The SMILES string of the molecule is Cc1ccc2c(c1)N(C(=O)/C=C/C(=O)O)C(=O)C(c1ccccc1)O2. The second kappa shape index (κ2) is 6.60. The van der Waals surface area contributed by atoms with E-state index in [4.69, 9.17) is 9.84 Å². The summed E-state index contributed by atoms with van der Waals surface area (Å²) in [5, 5.41) is 8.73. The fourth-order valence-electron chi connectivity index (χ4n) is 2.60. The van der Waals surface area contributed by atoms with Crippen molar-refractivity contribution in [3.05, 3.63) is 71.8 Å². The molecule has 0 bridgehead atoms. The summed E-state index contributed by atoms with van der Waals surface area (Å²) in [7, 11) is 0. The van der Waals surface area contributed by atoms with Crippen molar-refractivity contribution in [3.63, 3.8) is 0 Å². The number of hydrogen-bond acceptors (Lipinski definition) is 4. The van der Waals surface area contributed by atoms with Crippen LogP contribution in [-0.4, -0.2) is 22.9 Å². The number of carboxylic acids is 1. The Bertz CT molecular complexity index is 873. The molecule has 0 fully saturated rings. The van der Waals surface area contributed by atoms with E-state index >= 15 is 0 Å². The van der Waals surface area contributed by atoms with Crippen LogP contribution in [0.5, 0.6) is 5.75 Å². The summed E-state index contributed by atoms with van der Waals surface area (Å²) < 4.78 is 5.81. The van der Waals surface area contributed by atoms with E-state index in [1.165, 1.54) is 0 Å². The zero-order chi connectivity index (χ0) is 18.0. The van der Waals surface area contributed by atoms with Crippen LogP contribution in [0.3, 0.4) is 0 Å². The number of aryl methyl sites for hydroxylation is 1. The molecule has 3 rings (SSSR count). The molecule has 0 aliphatic carbocycles. The molecule has 126 valence electrons. The van der Waals surface area contributed by atoms with E-state index in [0.29, 0.717) is 23.1 Å². The number of anilines is 1. The van der Waals surface area contributed by atoms with E-state index in [1.54, 1.807) is 36.4 Å². The van der Waals surface area contributed by atoms with Gasteiger partial charge in [0, 0.05) is 17.7 Å². The summed E-state index contributed by atoms with van der Waals surface area (Å²) in [6, 6.07) is 14.0. The van der Waals surface area contributed by atoms with Crippen LogP contribution < -0.4 is 9.64 Å². The van der Waals surface area contributed by atoms with Crippen molar-refractivity contribution in [1.29, 1.82) is 0 Å². The largest absolute Gasteiger partial charge is 0.478 e. The summed E-state index contributed by atoms with van der Waals surface area (Å²) >= 11 is 0. The summed E-state index contributed by atoms with van der Waals surface area (Å²) in [5.74, 6) is -2.18. The van der Waals surface area contributed by atoms with Crippen LogP contribution in [0.2, 0.25) is 0 Å².